The molecule has 0 atom stereocenters. The minimum absolute atomic E-state index is 0.0332. The number of pyridine rings is 1. The molecule has 6 aromatic rings. The maximum absolute atomic E-state index is 6.72. The van der Waals surface area contributed by atoms with Gasteiger partial charge in [0.05, 0.1) is 35.8 Å². The summed E-state index contributed by atoms with van der Waals surface area (Å²) in [6.07, 6.45) is 14.4. The zero-order valence-electron chi connectivity index (χ0n) is 25.3. The molecule has 0 spiro atoms. The van der Waals surface area contributed by atoms with Crippen molar-refractivity contribution in [2.75, 3.05) is 13.2 Å². The summed E-state index contributed by atoms with van der Waals surface area (Å²) in [6.45, 7) is 1.38. The molecule has 7 nitrogen and oxygen atoms in total. The smallest absolute Gasteiger partial charge is 0.225 e. The molecule has 3 aromatic heterocycles. The second-order valence-electron chi connectivity index (χ2n) is 11.8. The van der Waals surface area contributed by atoms with E-state index in [0.29, 0.717) is 19.1 Å². The highest BCUT2D eigenvalue weighted by Crippen LogP contribution is 2.47. The maximum atomic E-state index is 6.72. The van der Waals surface area contributed by atoms with Gasteiger partial charge in [-0.25, -0.2) is 9.67 Å². The van der Waals surface area contributed by atoms with Crippen LogP contribution in [0.1, 0.15) is 36.8 Å². The number of aromatic nitrogens is 5. The Bertz CT molecular complexity index is 2000. The maximum Gasteiger partial charge on any atom is 0.225 e. The SMILES string of the molecule is Cn1ncc2cc(-c3nn(C(C4=CCCC=C4)(c4ccccc4)c4ccccc4)c4ccnc(OC5CCOCC5)c34)ccc21. The summed E-state index contributed by atoms with van der Waals surface area (Å²) in [6, 6.07) is 30.0. The van der Waals surface area contributed by atoms with E-state index < -0.39 is 5.54 Å². The normalized spacial score (nSPS) is 15.9. The average molecular weight is 594 g/mol. The van der Waals surface area contributed by atoms with Crippen LogP contribution < -0.4 is 4.74 Å². The van der Waals surface area contributed by atoms with Crippen molar-refractivity contribution < 1.29 is 9.47 Å². The van der Waals surface area contributed by atoms with Crippen LogP contribution in [0.3, 0.4) is 0 Å². The van der Waals surface area contributed by atoms with Gasteiger partial charge in [0.15, 0.2) is 0 Å². The molecule has 0 bridgehead atoms. The fraction of sp³-hybridized carbons (Fsp3) is 0.237. The van der Waals surface area contributed by atoms with Crippen LogP contribution in [0.2, 0.25) is 0 Å². The lowest BCUT2D eigenvalue weighted by molar-refractivity contribution is 0.0244. The van der Waals surface area contributed by atoms with Gasteiger partial charge >= 0.3 is 0 Å². The van der Waals surface area contributed by atoms with Gasteiger partial charge in [-0.05, 0) is 47.7 Å². The van der Waals surface area contributed by atoms with E-state index in [2.05, 4.69) is 113 Å². The lowest BCUT2D eigenvalue weighted by atomic mass is 9.75. The Hall–Kier alpha value is -5.01. The largest absolute Gasteiger partial charge is 0.474 e. The molecule has 1 aliphatic carbocycles. The van der Waals surface area contributed by atoms with E-state index in [9.17, 15) is 0 Å². The number of allylic oxidation sites excluding steroid dienone is 4. The van der Waals surface area contributed by atoms with E-state index in [1.165, 1.54) is 5.57 Å². The third-order valence-corrected chi connectivity index (χ3v) is 9.14. The van der Waals surface area contributed by atoms with Crippen LogP contribution in [-0.4, -0.2) is 43.9 Å². The Balaban J connectivity index is 1.46. The molecule has 0 unspecified atom stereocenters. The van der Waals surface area contributed by atoms with Gasteiger partial charge in [-0.3, -0.25) is 4.68 Å². The molecule has 3 aromatic carbocycles. The highest BCUT2D eigenvalue weighted by molar-refractivity contribution is 5.99. The van der Waals surface area contributed by atoms with Crippen LogP contribution in [0.25, 0.3) is 33.1 Å². The van der Waals surface area contributed by atoms with Crippen molar-refractivity contribution in [3.05, 3.63) is 132 Å². The zero-order valence-corrected chi connectivity index (χ0v) is 25.3. The standard InChI is InChI=1S/C38H35N5O2/c1-42-33-18-17-27(25-28(33)26-40-42)36-35-34(19-22-39-37(35)45-32-20-23-44-24-21-32)43(41-36)38(29-11-5-2-6-12-29,30-13-7-3-8-14-30)31-15-9-4-10-16-31/h2-3,5-9,11-19,22,25-26,32H,4,10,20-21,23-24H2,1H3. The Morgan fingerprint density at radius 2 is 1.62 bits per heavy atom. The van der Waals surface area contributed by atoms with E-state index in [1.807, 2.05) is 24.1 Å². The minimum Gasteiger partial charge on any atom is -0.474 e. The van der Waals surface area contributed by atoms with Gasteiger partial charge in [0, 0.05) is 37.0 Å². The summed E-state index contributed by atoms with van der Waals surface area (Å²) in [5.74, 6) is 0.607. The Labute approximate surface area is 262 Å². The van der Waals surface area contributed by atoms with Gasteiger partial charge in [-0.1, -0.05) is 85.0 Å². The monoisotopic (exact) mass is 593 g/mol. The number of hydrogen-bond acceptors (Lipinski definition) is 5. The fourth-order valence-electron chi connectivity index (χ4n) is 6.95. The Morgan fingerprint density at radius 1 is 0.867 bits per heavy atom. The third kappa shape index (κ3) is 4.66. The van der Waals surface area contributed by atoms with Crippen LogP contribution in [0.5, 0.6) is 5.88 Å². The predicted molar refractivity (Wildman–Crippen MR) is 177 cm³/mol. The molecule has 8 rings (SSSR count). The first kappa shape index (κ1) is 27.5. The molecule has 4 heterocycles. The molecular formula is C38H35N5O2. The first-order chi connectivity index (χ1) is 22.2. The summed E-state index contributed by atoms with van der Waals surface area (Å²) < 4.78 is 16.5. The highest BCUT2D eigenvalue weighted by Gasteiger charge is 2.42. The molecule has 0 N–H and O–H groups in total. The Morgan fingerprint density at radius 3 is 2.33 bits per heavy atom. The third-order valence-electron chi connectivity index (χ3n) is 9.14. The van der Waals surface area contributed by atoms with Crippen LogP contribution >= 0.6 is 0 Å². The van der Waals surface area contributed by atoms with Crippen LogP contribution in [0.15, 0.2) is 121 Å². The summed E-state index contributed by atoms with van der Waals surface area (Å²) >= 11 is 0. The lowest BCUT2D eigenvalue weighted by Crippen LogP contribution is -2.39. The molecule has 1 fully saturated rings. The van der Waals surface area contributed by atoms with E-state index in [0.717, 1.165) is 69.9 Å². The molecule has 1 aliphatic heterocycles. The van der Waals surface area contributed by atoms with Gasteiger partial charge in [-0.2, -0.15) is 10.2 Å². The fourth-order valence-corrected chi connectivity index (χ4v) is 6.95. The quantitative estimate of drug-likeness (QED) is 0.191. The minimum atomic E-state index is -0.744. The number of benzene rings is 3. The summed E-state index contributed by atoms with van der Waals surface area (Å²) in [4.78, 5) is 4.85. The van der Waals surface area contributed by atoms with Crippen LogP contribution in [0.4, 0.5) is 0 Å². The molecule has 7 heteroatoms. The summed E-state index contributed by atoms with van der Waals surface area (Å²) in [5.41, 5.74) is 6.57. The van der Waals surface area contributed by atoms with Crippen molar-refractivity contribution in [3.8, 4) is 17.1 Å². The van der Waals surface area contributed by atoms with Crippen LogP contribution in [-0.2, 0) is 17.3 Å². The Kier molecular flexibility index (Phi) is 7.03. The summed E-state index contributed by atoms with van der Waals surface area (Å²) in [7, 11) is 1.97. The van der Waals surface area contributed by atoms with E-state index in [-0.39, 0.29) is 6.10 Å². The van der Waals surface area contributed by atoms with E-state index in [4.69, 9.17) is 19.6 Å². The number of fused-ring (bicyclic) bond motifs is 2. The van der Waals surface area contributed by atoms with E-state index >= 15 is 0 Å². The average Bonchev–Trinajstić information content (AvgIpc) is 3.68. The van der Waals surface area contributed by atoms with Crippen molar-refractivity contribution in [2.45, 2.75) is 37.3 Å². The van der Waals surface area contributed by atoms with Crippen molar-refractivity contribution >= 4 is 21.8 Å². The van der Waals surface area contributed by atoms with Gasteiger partial charge in [0.25, 0.3) is 0 Å². The number of hydrogen-bond donors (Lipinski definition) is 0. The van der Waals surface area contributed by atoms with Crippen molar-refractivity contribution in [1.82, 2.24) is 24.5 Å². The molecule has 224 valence electrons. The number of ether oxygens (including phenoxy) is 2. The van der Waals surface area contributed by atoms with Gasteiger partial charge in [-0.15, -0.1) is 0 Å². The molecule has 0 saturated carbocycles. The predicted octanol–water partition coefficient (Wildman–Crippen LogP) is 7.61. The number of aryl methyl sites for hydroxylation is 1. The molecule has 0 amide bonds. The summed E-state index contributed by atoms with van der Waals surface area (Å²) in [5, 5.41) is 12.1. The molecule has 0 radical (unpaired) electrons. The van der Waals surface area contributed by atoms with Crippen molar-refractivity contribution in [1.29, 1.82) is 0 Å². The first-order valence-corrected chi connectivity index (χ1v) is 15.8. The first-order valence-electron chi connectivity index (χ1n) is 15.8. The molecule has 2 aliphatic rings. The van der Waals surface area contributed by atoms with Crippen LogP contribution in [0, 0.1) is 0 Å². The highest BCUT2D eigenvalue weighted by atomic mass is 16.5. The molecular weight excluding hydrogens is 558 g/mol. The van der Waals surface area contributed by atoms with Gasteiger partial charge in [0.2, 0.25) is 5.88 Å². The topological polar surface area (TPSA) is 67.0 Å². The van der Waals surface area contributed by atoms with Gasteiger partial charge in [0.1, 0.15) is 17.3 Å². The van der Waals surface area contributed by atoms with Gasteiger partial charge < -0.3 is 9.47 Å². The zero-order chi connectivity index (χ0) is 30.2. The lowest BCUT2D eigenvalue weighted by Gasteiger charge is -2.38. The molecule has 45 heavy (non-hydrogen) atoms. The van der Waals surface area contributed by atoms with Crippen molar-refractivity contribution in [3.63, 3.8) is 0 Å². The molecule has 1 saturated heterocycles. The van der Waals surface area contributed by atoms with Crippen molar-refractivity contribution in [2.24, 2.45) is 7.05 Å². The number of rotatable bonds is 7. The van der Waals surface area contributed by atoms with E-state index in [1.54, 1.807) is 0 Å². The number of nitrogens with zero attached hydrogens (tertiary/aromatic N) is 5. The second kappa shape index (κ2) is 11.5. The second-order valence-corrected chi connectivity index (χ2v) is 11.8.